The maximum Gasteiger partial charge on any atom is 0.189 e. The second kappa shape index (κ2) is 6.12. The fourth-order valence-corrected chi connectivity index (χ4v) is 1.25. The fraction of sp³-hybridized carbons (Fsp3) is 0.545. The van der Waals surface area contributed by atoms with E-state index in [1.54, 1.807) is 0 Å². The lowest BCUT2D eigenvalue weighted by Crippen LogP contribution is -2.44. The van der Waals surface area contributed by atoms with Gasteiger partial charge in [0.2, 0.25) is 0 Å². The van der Waals surface area contributed by atoms with E-state index < -0.39 is 0 Å². The maximum atomic E-state index is 5.75. The highest BCUT2D eigenvalue weighted by Gasteiger charge is 2.09. The summed E-state index contributed by atoms with van der Waals surface area (Å²) in [6, 6.07) is 2.04. The number of aromatic nitrogens is 1. The first-order valence-electron chi connectivity index (χ1n) is 5.06. The van der Waals surface area contributed by atoms with Crippen molar-refractivity contribution in [1.29, 1.82) is 0 Å². The number of aryl methyl sites for hydroxylation is 1. The molecule has 0 unspecified atom stereocenters. The Labute approximate surface area is 114 Å². The van der Waals surface area contributed by atoms with Crippen molar-refractivity contribution in [3.8, 4) is 0 Å². The number of nitrogens with one attached hydrogen (secondary N) is 1. The molecule has 1 rings (SSSR count). The lowest BCUT2D eigenvalue weighted by atomic mass is 10.1. The van der Waals surface area contributed by atoms with E-state index in [2.05, 4.69) is 31.1 Å². The average Bonchev–Trinajstić information content (AvgIpc) is 2.45. The molecule has 0 bridgehead atoms. The highest BCUT2D eigenvalue weighted by atomic mass is 127. The van der Waals surface area contributed by atoms with E-state index >= 15 is 0 Å². The number of guanidine groups is 1. The zero-order valence-electron chi connectivity index (χ0n) is 10.3. The van der Waals surface area contributed by atoms with Crippen LogP contribution < -0.4 is 11.1 Å². The van der Waals surface area contributed by atoms with Gasteiger partial charge in [-0.1, -0.05) is 0 Å². The topological polar surface area (TPSA) is 55.3 Å². The van der Waals surface area contributed by atoms with Gasteiger partial charge >= 0.3 is 0 Å². The first-order chi connectivity index (χ1) is 6.87. The Hall–Kier alpha value is -0.720. The summed E-state index contributed by atoms with van der Waals surface area (Å²) in [5, 5.41) is 3.12. The SMILES string of the molecule is Cn1ccc(CN=C(N)NC(C)(C)C)c1.I. The van der Waals surface area contributed by atoms with Crippen molar-refractivity contribution in [2.75, 3.05) is 0 Å². The molecule has 1 aromatic rings. The van der Waals surface area contributed by atoms with Gasteiger partial charge in [0.05, 0.1) is 6.54 Å². The van der Waals surface area contributed by atoms with Crippen LogP contribution in [-0.4, -0.2) is 16.1 Å². The number of nitrogens with two attached hydrogens (primary N) is 1. The summed E-state index contributed by atoms with van der Waals surface area (Å²) in [6.45, 7) is 6.78. The Kier molecular flexibility index (Phi) is 5.85. The van der Waals surface area contributed by atoms with E-state index in [1.165, 1.54) is 0 Å². The molecule has 0 spiro atoms. The van der Waals surface area contributed by atoms with Crippen LogP contribution in [0.2, 0.25) is 0 Å². The molecule has 92 valence electrons. The molecule has 0 aliphatic carbocycles. The monoisotopic (exact) mass is 336 g/mol. The van der Waals surface area contributed by atoms with Gasteiger partial charge in [-0.25, -0.2) is 4.99 Å². The van der Waals surface area contributed by atoms with E-state index in [9.17, 15) is 0 Å². The molecule has 0 aromatic carbocycles. The van der Waals surface area contributed by atoms with Gasteiger partial charge in [0, 0.05) is 25.0 Å². The third kappa shape index (κ3) is 5.99. The second-order valence-corrected chi connectivity index (χ2v) is 4.76. The van der Waals surface area contributed by atoms with Crippen LogP contribution in [0.4, 0.5) is 0 Å². The maximum absolute atomic E-state index is 5.75. The Morgan fingerprint density at radius 3 is 2.56 bits per heavy atom. The normalized spacial score (nSPS) is 12.1. The van der Waals surface area contributed by atoms with Gasteiger partial charge in [0.15, 0.2) is 5.96 Å². The fourth-order valence-electron chi connectivity index (χ4n) is 1.25. The second-order valence-electron chi connectivity index (χ2n) is 4.76. The molecule has 0 radical (unpaired) electrons. The first-order valence-corrected chi connectivity index (χ1v) is 5.06. The quantitative estimate of drug-likeness (QED) is 0.492. The molecule has 1 aromatic heterocycles. The Balaban J connectivity index is 0.00000225. The largest absolute Gasteiger partial charge is 0.370 e. The minimum atomic E-state index is -0.0374. The number of rotatable bonds is 2. The van der Waals surface area contributed by atoms with Gasteiger partial charge in [-0.3, -0.25) is 0 Å². The van der Waals surface area contributed by atoms with Crippen molar-refractivity contribution >= 4 is 29.9 Å². The van der Waals surface area contributed by atoms with Crippen LogP contribution in [0.15, 0.2) is 23.5 Å². The molecule has 5 heteroatoms. The molecule has 0 saturated carbocycles. The standard InChI is InChI=1S/C11H20N4.HI/c1-11(2,3)14-10(12)13-7-9-5-6-15(4)8-9;/h5-6,8H,7H2,1-4H3,(H3,12,13,14);1H. The molecule has 16 heavy (non-hydrogen) atoms. The van der Waals surface area contributed by atoms with Gasteiger partial charge in [-0.05, 0) is 32.4 Å². The first kappa shape index (κ1) is 15.3. The van der Waals surface area contributed by atoms with Gasteiger partial charge in [-0.15, -0.1) is 24.0 Å². The smallest absolute Gasteiger partial charge is 0.189 e. The highest BCUT2D eigenvalue weighted by molar-refractivity contribution is 14.0. The molecule has 0 aliphatic rings. The summed E-state index contributed by atoms with van der Waals surface area (Å²) >= 11 is 0. The van der Waals surface area contributed by atoms with E-state index in [4.69, 9.17) is 5.73 Å². The highest BCUT2D eigenvalue weighted by Crippen LogP contribution is 2.02. The molecule has 0 aliphatic heterocycles. The zero-order valence-corrected chi connectivity index (χ0v) is 12.6. The van der Waals surface area contributed by atoms with Crippen molar-refractivity contribution in [2.45, 2.75) is 32.9 Å². The molecule has 0 atom stereocenters. The third-order valence-corrected chi connectivity index (χ3v) is 1.83. The van der Waals surface area contributed by atoms with Crippen molar-refractivity contribution in [1.82, 2.24) is 9.88 Å². The van der Waals surface area contributed by atoms with E-state index in [0.29, 0.717) is 12.5 Å². The minimum absolute atomic E-state index is 0. The van der Waals surface area contributed by atoms with E-state index in [1.807, 2.05) is 30.1 Å². The Morgan fingerprint density at radius 2 is 2.12 bits per heavy atom. The van der Waals surface area contributed by atoms with Crippen molar-refractivity contribution in [3.05, 3.63) is 24.0 Å². The van der Waals surface area contributed by atoms with Gasteiger partial charge in [0.1, 0.15) is 0 Å². The average molecular weight is 336 g/mol. The Bertz CT molecular complexity index is 349. The van der Waals surface area contributed by atoms with Crippen LogP contribution in [0.25, 0.3) is 0 Å². The molecular weight excluding hydrogens is 315 g/mol. The van der Waals surface area contributed by atoms with Gasteiger partial charge < -0.3 is 15.6 Å². The summed E-state index contributed by atoms with van der Waals surface area (Å²) in [5.41, 5.74) is 6.87. The van der Waals surface area contributed by atoms with Crippen LogP contribution in [0.5, 0.6) is 0 Å². The predicted molar refractivity (Wildman–Crippen MR) is 79.0 cm³/mol. The molecule has 1 heterocycles. The molecule has 0 saturated heterocycles. The lowest BCUT2D eigenvalue weighted by molar-refractivity contribution is 0.508. The summed E-state index contributed by atoms with van der Waals surface area (Å²) in [4.78, 5) is 4.26. The summed E-state index contributed by atoms with van der Waals surface area (Å²) in [6.07, 6.45) is 4.03. The lowest BCUT2D eigenvalue weighted by Gasteiger charge is -2.20. The van der Waals surface area contributed by atoms with Crippen molar-refractivity contribution in [2.24, 2.45) is 17.8 Å². The predicted octanol–water partition coefficient (Wildman–Crippen LogP) is 1.85. The van der Waals surface area contributed by atoms with Crippen LogP contribution in [0.1, 0.15) is 26.3 Å². The van der Waals surface area contributed by atoms with Crippen LogP contribution in [0.3, 0.4) is 0 Å². The molecule has 0 fully saturated rings. The third-order valence-electron chi connectivity index (χ3n) is 1.83. The molecule has 3 N–H and O–H groups in total. The minimum Gasteiger partial charge on any atom is -0.370 e. The number of hydrogen-bond acceptors (Lipinski definition) is 1. The van der Waals surface area contributed by atoms with E-state index in [0.717, 1.165) is 5.56 Å². The Morgan fingerprint density at radius 1 is 1.50 bits per heavy atom. The number of nitrogens with zero attached hydrogens (tertiary/aromatic N) is 2. The van der Waals surface area contributed by atoms with E-state index in [-0.39, 0.29) is 29.5 Å². The van der Waals surface area contributed by atoms with Crippen LogP contribution >= 0.6 is 24.0 Å². The summed E-state index contributed by atoms with van der Waals surface area (Å²) in [5.74, 6) is 0.492. The molecule has 4 nitrogen and oxygen atoms in total. The van der Waals surface area contributed by atoms with Crippen LogP contribution in [-0.2, 0) is 13.6 Å². The van der Waals surface area contributed by atoms with Gasteiger partial charge in [-0.2, -0.15) is 0 Å². The molecular formula is C11H21IN4. The number of halogens is 1. The summed E-state index contributed by atoms with van der Waals surface area (Å²) in [7, 11) is 1.99. The number of aliphatic imine (C=N–C) groups is 1. The van der Waals surface area contributed by atoms with Crippen molar-refractivity contribution in [3.63, 3.8) is 0 Å². The molecule has 0 amide bonds. The van der Waals surface area contributed by atoms with Crippen molar-refractivity contribution < 1.29 is 0 Å². The van der Waals surface area contributed by atoms with Crippen LogP contribution in [0, 0.1) is 0 Å². The number of hydrogen-bond donors (Lipinski definition) is 2. The zero-order chi connectivity index (χ0) is 11.5. The summed E-state index contributed by atoms with van der Waals surface area (Å²) < 4.78 is 2.00. The van der Waals surface area contributed by atoms with Gasteiger partial charge in [0.25, 0.3) is 0 Å².